The fourth-order valence-corrected chi connectivity index (χ4v) is 5.01. The van der Waals surface area contributed by atoms with Gasteiger partial charge in [0.15, 0.2) is 11.5 Å². The molecule has 9 nitrogen and oxygen atoms in total. The van der Waals surface area contributed by atoms with Gasteiger partial charge in [-0.25, -0.2) is 9.07 Å². The molecule has 0 spiro atoms. The van der Waals surface area contributed by atoms with Gasteiger partial charge in [-0.05, 0) is 37.3 Å². The number of fused-ring (bicyclic) bond motifs is 4. The van der Waals surface area contributed by atoms with Crippen molar-refractivity contribution in [2.24, 2.45) is 0 Å². The van der Waals surface area contributed by atoms with Gasteiger partial charge in [0.2, 0.25) is 5.91 Å². The van der Waals surface area contributed by atoms with Crippen LogP contribution in [0.15, 0.2) is 71.7 Å². The van der Waals surface area contributed by atoms with Crippen LogP contribution in [0.25, 0.3) is 21.8 Å². The molecule has 3 aromatic carbocycles. The number of nitriles is 1. The molecule has 0 N–H and O–H groups in total. The van der Waals surface area contributed by atoms with Crippen molar-refractivity contribution >= 4 is 33.4 Å². The number of anilines is 1. The van der Waals surface area contributed by atoms with Crippen LogP contribution in [0.4, 0.5) is 18.9 Å². The van der Waals surface area contributed by atoms with E-state index in [1.165, 1.54) is 41.4 Å². The van der Waals surface area contributed by atoms with Gasteiger partial charge in [-0.2, -0.15) is 10.4 Å². The molecule has 3 heterocycles. The Morgan fingerprint density at radius 2 is 1.85 bits per heavy atom. The molecule has 1 aliphatic rings. The molecule has 12 heteroatoms. The van der Waals surface area contributed by atoms with Gasteiger partial charge >= 0.3 is 6.29 Å². The van der Waals surface area contributed by atoms with Crippen LogP contribution in [-0.2, 0) is 17.9 Å². The molecule has 0 aliphatic carbocycles. The number of para-hydroxylation sites is 1. The van der Waals surface area contributed by atoms with E-state index >= 15 is 0 Å². The minimum absolute atomic E-state index is 0.0817. The summed E-state index contributed by atoms with van der Waals surface area (Å²) in [7, 11) is 0. The summed E-state index contributed by atoms with van der Waals surface area (Å²) in [6.45, 7) is 1.54. The zero-order valence-corrected chi connectivity index (χ0v) is 21.5. The van der Waals surface area contributed by atoms with Crippen molar-refractivity contribution in [2.75, 3.05) is 11.4 Å². The van der Waals surface area contributed by atoms with Crippen LogP contribution in [0.5, 0.6) is 11.5 Å². The van der Waals surface area contributed by atoms with Gasteiger partial charge in [-0.3, -0.25) is 9.59 Å². The highest BCUT2D eigenvalue weighted by molar-refractivity contribution is 6.07. The largest absolute Gasteiger partial charge is 0.586 e. The van der Waals surface area contributed by atoms with Gasteiger partial charge in [-0.15, -0.1) is 8.78 Å². The summed E-state index contributed by atoms with van der Waals surface area (Å²) in [5.74, 6) is -1.41. The number of halogens is 3. The first-order valence-corrected chi connectivity index (χ1v) is 12.5. The molecule has 41 heavy (non-hydrogen) atoms. The third kappa shape index (κ3) is 4.51. The molecule has 2 aromatic heterocycles. The molecule has 0 atom stereocenters. The molecular formula is C29H20F3N5O4. The maximum Gasteiger partial charge on any atom is 0.586 e. The molecule has 1 aliphatic heterocycles. The number of ether oxygens (including phenoxy) is 2. The molecule has 0 radical (unpaired) electrons. The molecule has 6 rings (SSSR count). The van der Waals surface area contributed by atoms with E-state index in [0.717, 1.165) is 10.7 Å². The lowest BCUT2D eigenvalue weighted by molar-refractivity contribution is -0.286. The van der Waals surface area contributed by atoms with E-state index in [-0.39, 0.29) is 35.8 Å². The second-order valence-corrected chi connectivity index (χ2v) is 9.33. The van der Waals surface area contributed by atoms with E-state index in [2.05, 4.69) is 14.6 Å². The number of rotatable bonds is 6. The number of carbonyl (C=O) groups excluding carboxylic acids is 1. The van der Waals surface area contributed by atoms with E-state index < -0.39 is 30.1 Å². The van der Waals surface area contributed by atoms with Crippen LogP contribution in [0.1, 0.15) is 18.1 Å². The molecule has 5 aromatic rings. The summed E-state index contributed by atoms with van der Waals surface area (Å²) < 4.78 is 53.4. The fourth-order valence-electron chi connectivity index (χ4n) is 5.01. The molecule has 0 unspecified atom stereocenters. The highest BCUT2D eigenvalue weighted by Crippen LogP contribution is 2.42. The van der Waals surface area contributed by atoms with Gasteiger partial charge in [0.1, 0.15) is 12.4 Å². The first kappa shape index (κ1) is 25.9. The van der Waals surface area contributed by atoms with E-state index in [9.17, 15) is 22.8 Å². The summed E-state index contributed by atoms with van der Waals surface area (Å²) >= 11 is 0. The fraction of sp³-hybridized carbons (Fsp3) is 0.172. The lowest BCUT2D eigenvalue weighted by Gasteiger charge is -2.21. The Bertz CT molecular complexity index is 1960. The van der Waals surface area contributed by atoms with E-state index in [0.29, 0.717) is 27.4 Å². The lowest BCUT2D eigenvalue weighted by Crippen LogP contribution is -2.37. The summed E-state index contributed by atoms with van der Waals surface area (Å²) in [4.78, 5) is 28.3. The van der Waals surface area contributed by atoms with Crippen LogP contribution in [0.2, 0.25) is 0 Å². The Morgan fingerprint density at radius 1 is 1.07 bits per heavy atom. The number of aromatic nitrogens is 3. The van der Waals surface area contributed by atoms with Crippen molar-refractivity contribution in [3.8, 4) is 17.6 Å². The van der Waals surface area contributed by atoms with Crippen LogP contribution < -0.4 is 19.9 Å². The predicted octanol–water partition coefficient (Wildman–Crippen LogP) is 4.78. The Labute approximate surface area is 230 Å². The summed E-state index contributed by atoms with van der Waals surface area (Å²) in [5, 5.41) is 14.2. The summed E-state index contributed by atoms with van der Waals surface area (Å²) in [6.07, 6.45) is -2.34. The van der Waals surface area contributed by atoms with Crippen LogP contribution in [-0.4, -0.2) is 33.1 Å². The van der Waals surface area contributed by atoms with Gasteiger partial charge < -0.3 is 18.9 Å². The molecule has 206 valence electrons. The molecule has 0 bridgehead atoms. The first-order valence-electron chi connectivity index (χ1n) is 12.5. The zero-order chi connectivity index (χ0) is 28.9. The molecule has 0 saturated heterocycles. The zero-order valence-electron chi connectivity index (χ0n) is 21.5. The highest BCUT2D eigenvalue weighted by Gasteiger charge is 2.43. The lowest BCUT2D eigenvalue weighted by atomic mass is 10.1. The van der Waals surface area contributed by atoms with Crippen molar-refractivity contribution in [3.63, 3.8) is 0 Å². The predicted molar refractivity (Wildman–Crippen MR) is 142 cm³/mol. The van der Waals surface area contributed by atoms with E-state index in [1.807, 2.05) is 6.07 Å². The second-order valence-electron chi connectivity index (χ2n) is 9.33. The van der Waals surface area contributed by atoms with E-state index in [4.69, 9.17) is 5.26 Å². The average molecular weight is 560 g/mol. The van der Waals surface area contributed by atoms with Gasteiger partial charge in [0.05, 0.1) is 35.3 Å². The van der Waals surface area contributed by atoms with Crippen LogP contribution in [0.3, 0.4) is 0 Å². The minimum atomic E-state index is -3.79. The molecule has 0 fully saturated rings. The Hall–Kier alpha value is -5.31. The number of likely N-dealkylation sites (N-methyl/N-ethyl adjacent to an activating group) is 1. The molecule has 0 saturated carbocycles. The second kappa shape index (κ2) is 9.71. The van der Waals surface area contributed by atoms with Crippen LogP contribution in [0, 0.1) is 17.1 Å². The minimum Gasteiger partial charge on any atom is -0.395 e. The third-order valence-corrected chi connectivity index (χ3v) is 6.89. The summed E-state index contributed by atoms with van der Waals surface area (Å²) in [6, 6.07) is 17.2. The SMILES string of the molecule is CCN(C(=O)Cn1ncc2c(c1=O)c1ccccc1n2Cc1ccc(C#N)cc1F)c1ccc2c(c1)OC(F)(F)O2. The van der Waals surface area contributed by atoms with Crippen molar-refractivity contribution < 1.29 is 27.4 Å². The number of hydrogen-bond donors (Lipinski definition) is 0. The van der Waals surface area contributed by atoms with Crippen molar-refractivity contribution in [2.45, 2.75) is 26.3 Å². The number of benzene rings is 3. The standard InChI is InChI=1S/C29H20F3N5O4/c1-2-35(19-9-10-24-25(12-19)41-29(31,32)40-24)26(38)16-37-28(39)27-20-5-3-4-6-22(20)36(23(27)14-34-37)15-18-8-7-17(13-33)11-21(18)30/h3-12,14H,2,15-16H2,1H3. The average Bonchev–Trinajstić information content (AvgIpc) is 3.44. The number of hydrogen-bond acceptors (Lipinski definition) is 6. The van der Waals surface area contributed by atoms with Crippen LogP contribution >= 0.6 is 0 Å². The number of carbonyl (C=O) groups is 1. The number of alkyl halides is 2. The topological polar surface area (TPSA) is 102 Å². The Morgan fingerprint density at radius 3 is 2.61 bits per heavy atom. The van der Waals surface area contributed by atoms with E-state index in [1.54, 1.807) is 35.8 Å². The molecular weight excluding hydrogens is 539 g/mol. The normalized spacial score (nSPS) is 13.4. The van der Waals surface area contributed by atoms with Gasteiger partial charge in [0.25, 0.3) is 5.56 Å². The first-order chi connectivity index (χ1) is 19.7. The van der Waals surface area contributed by atoms with Crippen molar-refractivity contribution in [1.29, 1.82) is 5.26 Å². The number of amides is 1. The van der Waals surface area contributed by atoms with Gasteiger partial charge in [0, 0.05) is 34.8 Å². The maximum atomic E-state index is 14.7. The maximum absolute atomic E-state index is 14.7. The third-order valence-electron chi connectivity index (χ3n) is 6.89. The highest BCUT2D eigenvalue weighted by atomic mass is 19.3. The van der Waals surface area contributed by atoms with Crippen molar-refractivity contribution in [1.82, 2.24) is 14.3 Å². The molecule has 1 amide bonds. The smallest absolute Gasteiger partial charge is 0.395 e. The Kier molecular flexibility index (Phi) is 6.14. The Balaban J connectivity index is 1.35. The van der Waals surface area contributed by atoms with Crippen molar-refractivity contribution in [3.05, 3.63) is 94.2 Å². The number of nitrogens with zero attached hydrogens (tertiary/aromatic N) is 5. The summed E-state index contributed by atoms with van der Waals surface area (Å²) in [5.41, 5.74) is 1.41. The van der Waals surface area contributed by atoms with Gasteiger partial charge in [-0.1, -0.05) is 24.3 Å². The monoisotopic (exact) mass is 559 g/mol. The quantitative estimate of drug-likeness (QED) is 0.297.